The first-order valence-electron chi connectivity index (χ1n) is 7.31. The predicted molar refractivity (Wildman–Crippen MR) is 81.0 cm³/mol. The third-order valence-corrected chi connectivity index (χ3v) is 3.54. The first-order valence-corrected chi connectivity index (χ1v) is 7.31. The highest BCUT2D eigenvalue weighted by molar-refractivity contribution is 5.81. The lowest BCUT2D eigenvalue weighted by Gasteiger charge is -2.30. The van der Waals surface area contributed by atoms with Crippen LogP contribution in [0.1, 0.15) is 39.5 Å². The number of amides is 1. The maximum Gasteiger partial charge on any atom is 0.242 e. The number of nitrogens with two attached hydrogens (primary N) is 2. The highest BCUT2D eigenvalue weighted by Gasteiger charge is 2.27. The Kier molecular flexibility index (Phi) is 4.82. The number of hydrogen-bond donors (Lipinski definition) is 2. The van der Waals surface area contributed by atoms with Gasteiger partial charge in [0.05, 0.1) is 12.6 Å². The van der Waals surface area contributed by atoms with E-state index in [1.807, 2.05) is 18.7 Å². The van der Waals surface area contributed by atoms with E-state index >= 15 is 0 Å². The van der Waals surface area contributed by atoms with Crippen molar-refractivity contribution in [3.05, 3.63) is 6.33 Å². The average molecular weight is 293 g/mol. The van der Waals surface area contributed by atoms with Crippen LogP contribution in [0.25, 0.3) is 0 Å². The number of nitrogen functional groups attached to an aromatic ring is 1. The number of aromatic nitrogens is 2. The molecule has 1 fully saturated rings. The van der Waals surface area contributed by atoms with Crippen LogP contribution >= 0.6 is 0 Å². The minimum absolute atomic E-state index is 0.0360. The third kappa shape index (κ3) is 3.74. The van der Waals surface area contributed by atoms with Crippen LogP contribution in [0.2, 0.25) is 0 Å². The lowest BCUT2D eigenvalue weighted by Crippen LogP contribution is -2.41. The molecule has 0 saturated heterocycles. The molecule has 7 nitrogen and oxygen atoms in total. The fraction of sp³-hybridized carbons (Fsp3) is 0.643. The molecule has 1 amide bonds. The van der Waals surface area contributed by atoms with Gasteiger partial charge in [0, 0.05) is 6.04 Å². The minimum atomic E-state index is -0.397. The summed E-state index contributed by atoms with van der Waals surface area (Å²) in [5.41, 5.74) is 11.9. The molecule has 2 rings (SSSR count). The van der Waals surface area contributed by atoms with Gasteiger partial charge in [0.25, 0.3) is 0 Å². The molecule has 7 heteroatoms. The average Bonchev–Trinajstić information content (AvgIpc) is 2.92. The molecular formula is C14H23N5O2. The van der Waals surface area contributed by atoms with E-state index in [4.69, 9.17) is 16.2 Å². The van der Waals surface area contributed by atoms with Gasteiger partial charge in [-0.15, -0.1) is 0 Å². The van der Waals surface area contributed by atoms with Crippen molar-refractivity contribution < 1.29 is 9.53 Å². The van der Waals surface area contributed by atoms with Crippen molar-refractivity contribution in [2.24, 2.45) is 5.73 Å². The quantitative estimate of drug-likeness (QED) is 0.812. The fourth-order valence-electron chi connectivity index (χ4n) is 2.68. The second kappa shape index (κ2) is 6.60. The molecule has 1 aliphatic rings. The molecule has 0 unspecified atom stereocenters. The molecule has 1 heterocycles. The van der Waals surface area contributed by atoms with Gasteiger partial charge in [-0.25, -0.2) is 4.98 Å². The van der Waals surface area contributed by atoms with Gasteiger partial charge in [-0.05, 0) is 26.7 Å². The third-order valence-electron chi connectivity index (χ3n) is 3.54. The Balaban J connectivity index is 2.32. The highest BCUT2D eigenvalue weighted by atomic mass is 16.5. The summed E-state index contributed by atoms with van der Waals surface area (Å²) in [5, 5.41) is 0. The van der Waals surface area contributed by atoms with Crippen molar-refractivity contribution >= 4 is 17.4 Å². The van der Waals surface area contributed by atoms with Gasteiger partial charge in [-0.1, -0.05) is 12.8 Å². The maximum absolute atomic E-state index is 11.4. The van der Waals surface area contributed by atoms with Gasteiger partial charge in [-0.3, -0.25) is 4.79 Å². The van der Waals surface area contributed by atoms with Gasteiger partial charge < -0.3 is 21.1 Å². The van der Waals surface area contributed by atoms with Crippen LogP contribution in [0.15, 0.2) is 6.33 Å². The van der Waals surface area contributed by atoms with Crippen LogP contribution < -0.4 is 21.1 Å². The molecule has 0 aromatic carbocycles. The van der Waals surface area contributed by atoms with Gasteiger partial charge in [-0.2, -0.15) is 4.98 Å². The monoisotopic (exact) mass is 293 g/mol. The summed E-state index contributed by atoms with van der Waals surface area (Å²) < 4.78 is 5.58. The topological polar surface area (TPSA) is 107 Å². The van der Waals surface area contributed by atoms with E-state index in [1.165, 1.54) is 6.33 Å². The van der Waals surface area contributed by atoms with Gasteiger partial charge in [0.15, 0.2) is 5.82 Å². The Hall–Kier alpha value is -2.05. The maximum atomic E-state index is 11.4. The summed E-state index contributed by atoms with van der Waals surface area (Å²) in [6.07, 6.45) is 5.67. The molecule has 1 aliphatic carbocycles. The molecule has 0 spiro atoms. The number of carbonyl (C=O) groups excluding carboxylic acids is 1. The lowest BCUT2D eigenvalue weighted by atomic mass is 10.2. The van der Waals surface area contributed by atoms with Crippen molar-refractivity contribution in [3.8, 4) is 5.88 Å². The second-order valence-corrected chi connectivity index (χ2v) is 5.62. The summed E-state index contributed by atoms with van der Waals surface area (Å²) in [4.78, 5) is 21.6. The van der Waals surface area contributed by atoms with Crippen molar-refractivity contribution in [1.29, 1.82) is 0 Å². The molecule has 1 saturated carbocycles. The van der Waals surface area contributed by atoms with Gasteiger partial charge in [0.1, 0.15) is 12.0 Å². The Bertz CT molecular complexity index is 500. The van der Waals surface area contributed by atoms with Crippen molar-refractivity contribution in [1.82, 2.24) is 9.97 Å². The first kappa shape index (κ1) is 15.3. The Morgan fingerprint density at radius 2 is 2.10 bits per heavy atom. The number of anilines is 2. The smallest absolute Gasteiger partial charge is 0.242 e. The SMILES string of the molecule is CC(C)Oc1ncnc(N(CC(N)=O)C2CCCC2)c1N. The first-order chi connectivity index (χ1) is 9.99. The van der Waals surface area contributed by atoms with Crippen LogP contribution in [0.3, 0.4) is 0 Å². The minimum Gasteiger partial charge on any atom is -0.473 e. The summed E-state index contributed by atoms with van der Waals surface area (Å²) >= 11 is 0. The zero-order valence-corrected chi connectivity index (χ0v) is 12.6. The van der Waals surface area contributed by atoms with Crippen LogP contribution in [0.5, 0.6) is 5.88 Å². The van der Waals surface area contributed by atoms with Crippen molar-refractivity contribution in [2.75, 3.05) is 17.2 Å². The Morgan fingerprint density at radius 3 is 2.67 bits per heavy atom. The van der Waals surface area contributed by atoms with E-state index in [0.29, 0.717) is 17.4 Å². The molecule has 0 bridgehead atoms. The number of hydrogen-bond acceptors (Lipinski definition) is 6. The Labute approximate surface area is 124 Å². The molecule has 116 valence electrons. The predicted octanol–water partition coefficient (Wildman–Crippen LogP) is 1.08. The summed E-state index contributed by atoms with van der Waals surface area (Å²) in [6.45, 7) is 3.91. The molecular weight excluding hydrogens is 270 g/mol. The van der Waals surface area contributed by atoms with Crippen molar-refractivity contribution in [2.45, 2.75) is 51.7 Å². The van der Waals surface area contributed by atoms with Crippen LogP contribution in [0.4, 0.5) is 11.5 Å². The molecule has 0 atom stereocenters. The van der Waals surface area contributed by atoms with E-state index in [0.717, 1.165) is 25.7 Å². The van der Waals surface area contributed by atoms with E-state index < -0.39 is 5.91 Å². The molecule has 0 radical (unpaired) electrons. The van der Waals surface area contributed by atoms with Gasteiger partial charge >= 0.3 is 0 Å². The summed E-state index contributed by atoms with van der Waals surface area (Å²) in [5.74, 6) is 0.486. The number of rotatable bonds is 6. The van der Waals surface area contributed by atoms with Gasteiger partial charge in [0.2, 0.25) is 11.8 Å². The van der Waals surface area contributed by atoms with Crippen LogP contribution in [-0.2, 0) is 4.79 Å². The van der Waals surface area contributed by atoms with E-state index in [-0.39, 0.29) is 18.7 Å². The van der Waals surface area contributed by atoms with Crippen LogP contribution in [0, 0.1) is 0 Å². The van der Waals surface area contributed by atoms with E-state index in [2.05, 4.69) is 9.97 Å². The highest BCUT2D eigenvalue weighted by Crippen LogP contribution is 2.33. The largest absolute Gasteiger partial charge is 0.473 e. The molecule has 1 aromatic heterocycles. The zero-order chi connectivity index (χ0) is 15.4. The van der Waals surface area contributed by atoms with Crippen LogP contribution in [-0.4, -0.2) is 34.6 Å². The fourth-order valence-corrected chi connectivity index (χ4v) is 2.68. The lowest BCUT2D eigenvalue weighted by molar-refractivity contribution is -0.116. The van der Waals surface area contributed by atoms with E-state index in [9.17, 15) is 4.79 Å². The molecule has 4 N–H and O–H groups in total. The van der Waals surface area contributed by atoms with Crippen molar-refractivity contribution in [3.63, 3.8) is 0 Å². The molecule has 21 heavy (non-hydrogen) atoms. The number of primary amides is 1. The molecule has 0 aliphatic heterocycles. The zero-order valence-electron chi connectivity index (χ0n) is 12.6. The summed E-state index contributed by atoms with van der Waals surface area (Å²) in [6, 6.07) is 0.238. The summed E-state index contributed by atoms with van der Waals surface area (Å²) in [7, 11) is 0. The number of ether oxygens (including phenoxy) is 1. The number of nitrogens with zero attached hydrogens (tertiary/aromatic N) is 3. The Morgan fingerprint density at radius 1 is 1.43 bits per heavy atom. The normalized spacial score (nSPS) is 15.4. The standard InChI is InChI=1S/C14H23N5O2/c1-9(2)21-14-12(16)13(17-8-18-14)19(7-11(15)20)10-5-3-4-6-10/h8-10H,3-7,16H2,1-2H3,(H2,15,20). The second-order valence-electron chi connectivity index (χ2n) is 5.62. The molecule has 1 aromatic rings. The van der Waals surface area contributed by atoms with E-state index in [1.54, 1.807) is 0 Å². The number of carbonyl (C=O) groups is 1.